The molecule has 8 heteroatoms. The molecule has 0 bridgehead atoms. The van der Waals surface area contributed by atoms with Crippen LogP contribution in [0.1, 0.15) is 45.9 Å². The number of pyridine rings is 1. The highest BCUT2D eigenvalue weighted by molar-refractivity contribution is 7.80. The topological polar surface area (TPSA) is 33.1 Å². The fraction of sp³-hybridized carbons (Fsp3) is 0.214. The summed E-state index contributed by atoms with van der Waals surface area (Å²) in [7, 11) is 0. The number of nitrogens with zero attached hydrogens (tertiary/aromatic N) is 3. The van der Waals surface area contributed by atoms with Gasteiger partial charge in [-0.05, 0) is 73.6 Å². The van der Waals surface area contributed by atoms with Gasteiger partial charge in [-0.3, -0.25) is 4.98 Å². The van der Waals surface area contributed by atoms with Crippen molar-refractivity contribution in [3.63, 3.8) is 0 Å². The van der Waals surface area contributed by atoms with Crippen molar-refractivity contribution in [1.29, 1.82) is 0 Å². The highest BCUT2D eigenvalue weighted by Gasteiger charge is 2.41. The standard InChI is InChI=1S/C28H25F3N4S/c1-18-15-23(19(2)35(18)22-12-8-11-21(16-22)28(29,30)31)26-25(24-13-6-7-14-32-24)33-27(36)34(26)17-20-9-4-3-5-10-20/h3-16,25-26H,17H2,1-2H3,(H,33,36)/t25-,26-/m1/s1. The Hall–Kier alpha value is -3.65. The van der Waals surface area contributed by atoms with Crippen LogP contribution in [0.4, 0.5) is 13.2 Å². The molecule has 1 N–H and O–H groups in total. The van der Waals surface area contributed by atoms with Gasteiger partial charge in [0.05, 0.1) is 23.3 Å². The Morgan fingerprint density at radius 1 is 0.944 bits per heavy atom. The predicted molar refractivity (Wildman–Crippen MR) is 138 cm³/mol. The largest absolute Gasteiger partial charge is 0.416 e. The zero-order chi connectivity index (χ0) is 25.4. The number of thiocarbonyl (C=S) groups is 1. The summed E-state index contributed by atoms with van der Waals surface area (Å²) in [6.45, 7) is 4.45. The summed E-state index contributed by atoms with van der Waals surface area (Å²) in [4.78, 5) is 6.73. The molecular formula is C28H25F3N4S. The van der Waals surface area contributed by atoms with Gasteiger partial charge in [0.25, 0.3) is 0 Å². The first-order valence-corrected chi connectivity index (χ1v) is 12.0. The van der Waals surface area contributed by atoms with E-state index >= 15 is 0 Å². The second-order valence-corrected chi connectivity index (χ2v) is 9.34. The Morgan fingerprint density at radius 3 is 2.39 bits per heavy atom. The van der Waals surface area contributed by atoms with Crippen molar-refractivity contribution in [2.75, 3.05) is 0 Å². The fourth-order valence-corrected chi connectivity index (χ4v) is 5.31. The van der Waals surface area contributed by atoms with Crippen molar-refractivity contribution in [2.45, 2.75) is 38.7 Å². The molecule has 1 aliphatic heterocycles. The number of hydrogen-bond donors (Lipinski definition) is 1. The summed E-state index contributed by atoms with van der Waals surface area (Å²) in [5.74, 6) is 0. The average Bonchev–Trinajstić information content (AvgIpc) is 3.34. The summed E-state index contributed by atoms with van der Waals surface area (Å²) < 4.78 is 42.2. The van der Waals surface area contributed by atoms with Gasteiger partial charge in [0.15, 0.2) is 5.11 Å². The van der Waals surface area contributed by atoms with Crippen LogP contribution in [-0.2, 0) is 12.7 Å². The van der Waals surface area contributed by atoms with Crippen molar-refractivity contribution in [3.8, 4) is 5.69 Å². The molecule has 2 atom stereocenters. The van der Waals surface area contributed by atoms with Gasteiger partial charge >= 0.3 is 6.18 Å². The van der Waals surface area contributed by atoms with Crippen LogP contribution in [0.2, 0.25) is 0 Å². The van der Waals surface area contributed by atoms with E-state index in [1.165, 1.54) is 12.1 Å². The molecule has 5 rings (SSSR count). The van der Waals surface area contributed by atoms with Gasteiger partial charge in [-0.25, -0.2) is 0 Å². The normalized spacial score (nSPS) is 17.9. The van der Waals surface area contributed by atoms with E-state index in [-0.39, 0.29) is 12.1 Å². The zero-order valence-electron chi connectivity index (χ0n) is 19.8. The Bertz CT molecular complexity index is 1380. The lowest BCUT2D eigenvalue weighted by atomic mass is 9.96. The van der Waals surface area contributed by atoms with Crippen molar-refractivity contribution < 1.29 is 13.2 Å². The van der Waals surface area contributed by atoms with E-state index < -0.39 is 11.7 Å². The second-order valence-electron chi connectivity index (χ2n) is 8.95. The predicted octanol–water partition coefficient (Wildman–Crippen LogP) is 6.68. The number of benzene rings is 2. The van der Waals surface area contributed by atoms with Gasteiger partial charge in [-0.2, -0.15) is 13.2 Å². The first-order chi connectivity index (χ1) is 17.2. The molecule has 0 radical (unpaired) electrons. The lowest BCUT2D eigenvalue weighted by Crippen LogP contribution is -2.29. The molecular weight excluding hydrogens is 481 g/mol. The molecule has 1 aliphatic rings. The minimum atomic E-state index is -4.41. The number of hydrogen-bond acceptors (Lipinski definition) is 2. The molecule has 2 aromatic carbocycles. The lowest BCUT2D eigenvalue weighted by Gasteiger charge is -2.28. The Morgan fingerprint density at radius 2 is 1.69 bits per heavy atom. The molecule has 2 aromatic heterocycles. The minimum Gasteiger partial charge on any atom is -0.352 e. The van der Waals surface area contributed by atoms with Crippen LogP contribution < -0.4 is 5.32 Å². The maximum Gasteiger partial charge on any atom is 0.416 e. The molecule has 36 heavy (non-hydrogen) atoms. The molecule has 4 nitrogen and oxygen atoms in total. The van der Waals surface area contributed by atoms with Crippen molar-refractivity contribution in [2.24, 2.45) is 0 Å². The average molecular weight is 507 g/mol. The van der Waals surface area contributed by atoms with E-state index in [0.29, 0.717) is 17.3 Å². The SMILES string of the molecule is Cc1cc([C@@H]2[C@@H](c3ccccn3)NC(=S)N2Cc2ccccc2)c(C)n1-c1cccc(C(F)(F)F)c1. The Labute approximate surface area is 213 Å². The van der Waals surface area contributed by atoms with Gasteiger partial charge in [0.2, 0.25) is 0 Å². The molecule has 0 saturated carbocycles. The molecule has 0 unspecified atom stereocenters. The van der Waals surface area contributed by atoms with Gasteiger partial charge < -0.3 is 14.8 Å². The van der Waals surface area contributed by atoms with Crippen LogP contribution in [0.25, 0.3) is 5.69 Å². The van der Waals surface area contributed by atoms with Crippen LogP contribution in [0.3, 0.4) is 0 Å². The van der Waals surface area contributed by atoms with Crippen molar-refractivity contribution >= 4 is 17.3 Å². The maximum absolute atomic E-state index is 13.4. The molecule has 0 aliphatic carbocycles. The molecule has 1 fully saturated rings. The number of aryl methyl sites for hydroxylation is 1. The van der Waals surface area contributed by atoms with Crippen LogP contribution in [-0.4, -0.2) is 19.6 Å². The number of nitrogens with one attached hydrogen (secondary N) is 1. The van der Waals surface area contributed by atoms with E-state index in [1.54, 1.807) is 12.3 Å². The van der Waals surface area contributed by atoms with Gasteiger partial charge in [-0.15, -0.1) is 0 Å². The highest BCUT2D eigenvalue weighted by atomic mass is 32.1. The number of alkyl halides is 3. The third-order valence-electron chi connectivity index (χ3n) is 6.61. The quantitative estimate of drug-likeness (QED) is 0.306. The number of rotatable bonds is 5. The molecule has 184 valence electrons. The van der Waals surface area contributed by atoms with Crippen LogP contribution in [0, 0.1) is 13.8 Å². The summed E-state index contributed by atoms with van der Waals surface area (Å²) in [5.41, 5.74) is 4.47. The summed E-state index contributed by atoms with van der Waals surface area (Å²) in [6, 6.07) is 22.9. The van der Waals surface area contributed by atoms with E-state index in [2.05, 4.69) is 27.3 Å². The van der Waals surface area contributed by atoms with Gasteiger partial charge in [0.1, 0.15) is 0 Å². The third-order valence-corrected chi connectivity index (χ3v) is 6.97. The molecule has 0 spiro atoms. The van der Waals surface area contributed by atoms with Crippen LogP contribution in [0.15, 0.2) is 85.1 Å². The fourth-order valence-electron chi connectivity index (χ4n) is 5.00. The first kappa shape index (κ1) is 24.1. The Balaban J connectivity index is 1.62. The van der Waals surface area contributed by atoms with Crippen molar-refractivity contribution in [1.82, 2.24) is 19.8 Å². The first-order valence-electron chi connectivity index (χ1n) is 11.6. The summed E-state index contributed by atoms with van der Waals surface area (Å²) in [6.07, 6.45) is -2.66. The Kier molecular flexibility index (Phi) is 6.30. The minimum absolute atomic E-state index is 0.196. The molecule has 4 aromatic rings. The van der Waals surface area contributed by atoms with E-state index in [1.807, 2.05) is 60.9 Å². The van der Waals surface area contributed by atoms with Crippen molar-refractivity contribution in [3.05, 3.63) is 119 Å². The molecule has 0 amide bonds. The number of halogens is 3. The van der Waals surface area contributed by atoms with Gasteiger partial charge in [0, 0.05) is 29.8 Å². The summed E-state index contributed by atoms with van der Waals surface area (Å²) in [5, 5.41) is 4.06. The maximum atomic E-state index is 13.4. The highest BCUT2D eigenvalue weighted by Crippen LogP contribution is 2.42. The lowest BCUT2D eigenvalue weighted by molar-refractivity contribution is -0.137. The smallest absolute Gasteiger partial charge is 0.352 e. The number of aromatic nitrogens is 2. The second kappa shape index (κ2) is 9.43. The molecule has 1 saturated heterocycles. The monoisotopic (exact) mass is 506 g/mol. The van der Waals surface area contributed by atoms with E-state index in [9.17, 15) is 13.2 Å². The van der Waals surface area contributed by atoms with E-state index in [4.69, 9.17) is 12.2 Å². The third kappa shape index (κ3) is 4.48. The molecule has 3 heterocycles. The van der Waals surface area contributed by atoms with Crippen LogP contribution in [0.5, 0.6) is 0 Å². The van der Waals surface area contributed by atoms with Crippen LogP contribution >= 0.6 is 12.2 Å². The van der Waals surface area contributed by atoms with Gasteiger partial charge in [-0.1, -0.05) is 42.5 Å². The summed E-state index contributed by atoms with van der Waals surface area (Å²) >= 11 is 5.78. The van der Waals surface area contributed by atoms with E-state index in [0.717, 1.165) is 34.3 Å². The zero-order valence-corrected chi connectivity index (χ0v) is 20.6.